The summed E-state index contributed by atoms with van der Waals surface area (Å²) in [5, 5.41) is 7.53. The van der Waals surface area contributed by atoms with E-state index in [2.05, 4.69) is 22.1 Å². The van der Waals surface area contributed by atoms with Crippen molar-refractivity contribution in [2.75, 3.05) is 26.2 Å². The van der Waals surface area contributed by atoms with Crippen LogP contribution in [0.2, 0.25) is 0 Å². The number of nitrogens with zero attached hydrogens (tertiary/aromatic N) is 1. The van der Waals surface area contributed by atoms with Crippen molar-refractivity contribution in [2.45, 2.75) is 13.0 Å². The lowest BCUT2D eigenvalue weighted by molar-refractivity contribution is -0.131. The quantitative estimate of drug-likeness (QED) is 0.659. The molecule has 0 fully saturated rings. The highest BCUT2D eigenvalue weighted by atomic mass is 32.1. The molecule has 2 heterocycles. The molecule has 2 rings (SSSR count). The zero-order chi connectivity index (χ0) is 13.7. The molecule has 1 aromatic heterocycles. The smallest absolute Gasteiger partial charge is 0.312 e. The molecule has 0 unspecified atom stereocenters. The Balaban J connectivity index is 1.68. The highest BCUT2D eigenvalue weighted by Crippen LogP contribution is 2.23. The van der Waals surface area contributed by atoms with Gasteiger partial charge in [-0.05, 0) is 23.4 Å². The van der Waals surface area contributed by atoms with Gasteiger partial charge in [-0.15, -0.1) is 11.3 Å². The molecule has 1 aromatic rings. The van der Waals surface area contributed by atoms with Gasteiger partial charge in [0.25, 0.3) is 0 Å². The number of nitrogens with two attached hydrogens (primary N) is 1. The van der Waals surface area contributed by atoms with Crippen molar-refractivity contribution >= 4 is 23.3 Å². The van der Waals surface area contributed by atoms with Gasteiger partial charge >= 0.3 is 6.03 Å². The molecule has 4 N–H and O–H groups in total. The number of rotatable bonds is 5. The molecule has 0 spiro atoms. The number of hydrogen-bond acceptors (Lipinski definition) is 4. The van der Waals surface area contributed by atoms with Crippen molar-refractivity contribution in [3.05, 3.63) is 21.9 Å². The van der Waals surface area contributed by atoms with Gasteiger partial charge in [0.2, 0.25) is 5.91 Å². The van der Waals surface area contributed by atoms with Crippen LogP contribution in [0.25, 0.3) is 0 Å². The topological polar surface area (TPSA) is 87.5 Å². The van der Waals surface area contributed by atoms with Crippen molar-refractivity contribution in [1.82, 2.24) is 15.5 Å². The molecule has 7 heteroatoms. The fourth-order valence-corrected chi connectivity index (χ4v) is 2.93. The zero-order valence-corrected chi connectivity index (χ0v) is 11.5. The maximum atomic E-state index is 12.0. The van der Waals surface area contributed by atoms with Crippen molar-refractivity contribution in [3.8, 4) is 0 Å². The Morgan fingerprint density at radius 2 is 2.26 bits per heavy atom. The van der Waals surface area contributed by atoms with Crippen molar-refractivity contribution in [2.24, 2.45) is 5.73 Å². The van der Waals surface area contributed by atoms with Crippen LogP contribution >= 0.6 is 11.3 Å². The number of carbonyl (C=O) groups excluding carboxylic acids is 2. The number of fused-ring (bicyclic) bond motifs is 1. The second-order valence-electron chi connectivity index (χ2n) is 4.40. The van der Waals surface area contributed by atoms with Crippen molar-refractivity contribution < 1.29 is 9.59 Å². The Hall–Kier alpha value is -1.60. The number of amides is 3. The second kappa shape index (κ2) is 6.53. The SMILES string of the molecule is NC(=O)NCCNCC(=O)N1CCc2sccc2C1. The third kappa shape index (κ3) is 3.93. The average molecular weight is 282 g/mol. The average Bonchev–Trinajstić information content (AvgIpc) is 2.84. The minimum absolute atomic E-state index is 0.0934. The molecule has 0 bridgehead atoms. The summed E-state index contributed by atoms with van der Waals surface area (Å²) in [6, 6.07) is 1.54. The van der Waals surface area contributed by atoms with E-state index < -0.39 is 6.03 Å². The van der Waals surface area contributed by atoms with Gasteiger partial charge in [-0.2, -0.15) is 0 Å². The molecule has 6 nitrogen and oxygen atoms in total. The van der Waals surface area contributed by atoms with Crippen LogP contribution < -0.4 is 16.4 Å². The molecule has 1 aliphatic rings. The Morgan fingerprint density at radius 3 is 3.05 bits per heavy atom. The van der Waals surface area contributed by atoms with Crippen LogP contribution in [-0.2, 0) is 17.8 Å². The third-order valence-corrected chi connectivity index (χ3v) is 4.06. The first kappa shape index (κ1) is 13.8. The van der Waals surface area contributed by atoms with Gasteiger partial charge in [0.05, 0.1) is 6.54 Å². The van der Waals surface area contributed by atoms with E-state index in [1.807, 2.05) is 4.90 Å². The van der Waals surface area contributed by atoms with E-state index in [-0.39, 0.29) is 5.91 Å². The first-order chi connectivity index (χ1) is 9.16. The van der Waals surface area contributed by atoms with Crippen molar-refractivity contribution in [3.63, 3.8) is 0 Å². The van der Waals surface area contributed by atoms with Gasteiger partial charge in [0.15, 0.2) is 0 Å². The Bertz CT molecular complexity index is 460. The molecule has 0 saturated carbocycles. The number of thiophene rings is 1. The highest BCUT2D eigenvalue weighted by Gasteiger charge is 2.20. The maximum absolute atomic E-state index is 12.0. The van der Waals surface area contributed by atoms with Crippen LogP contribution in [0.5, 0.6) is 0 Å². The Labute approximate surface area is 116 Å². The van der Waals surface area contributed by atoms with Crippen LogP contribution in [0.1, 0.15) is 10.4 Å². The minimum Gasteiger partial charge on any atom is -0.352 e. The van der Waals surface area contributed by atoms with Crippen LogP contribution in [-0.4, -0.2) is 43.0 Å². The van der Waals surface area contributed by atoms with E-state index in [0.717, 1.165) is 13.0 Å². The molecular formula is C12H18N4O2S. The molecule has 104 valence electrons. The molecule has 3 amide bonds. The minimum atomic E-state index is -0.547. The normalized spacial score (nSPS) is 14.0. The predicted molar refractivity (Wildman–Crippen MR) is 73.9 cm³/mol. The molecule has 0 aromatic carbocycles. The fourth-order valence-electron chi connectivity index (χ4n) is 2.04. The lowest BCUT2D eigenvalue weighted by Gasteiger charge is -2.27. The predicted octanol–water partition coefficient (Wildman–Crippen LogP) is -0.109. The molecule has 0 saturated heterocycles. The number of primary amides is 1. The van der Waals surface area contributed by atoms with E-state index in [0.29, 0.717) is 26.2 Å². The van der Waals surface area contributed by atoms with Crippen molar-refractivity contribution in [1.29, 1.82) is 0 Å². The lowest BCUT2D eigenvalue weighted by atomic mass is 10.1. The summed E-state index contributed by atoms with van der Waals surface area (Å²) in [5.41, 5.74) is 6.20. The summed E-state index contributed by atoms with van der Waals surface area (Å²) in [6.45, 7) is 2.75. The van der Waals surface area contributed by atoms with Gasteiger partial charge in [0.1, 0.15) is 0 Å². The molecule has 19 heavy (non-hydrogen) atoms. The Kier molecular flexibility index (Phi) is 4.75. The summed E-state index contributed by atoms with van der Waals surface area (Å²) in [4.78, 5) is 25.7. The monoisotopic (exact) mass is 282 g/mol. The van der Waals surface area contributed by atoms with E-state index >= 15 is 0 Å². The van der Waals surface area contributed by atoms with Gasteiger partial charge in [-0.1, -0.05) is 0 Å². The summed E-state index contributed by atoms with van der Waals surface area (Å²) < 4.78 is 0. The van der Waals surface area contributed by atoms with E-state index in [4.69, 9.17) is 5.73 Å². The summed E-state index contributed by atoms with van der Waals surface area (Å²) >= 11 is 1.76. The van der Waals surface area contributed by atoms with Crippen LogP contribution in [0.3, 0.4) is 0 Å². The molecule has 0 radical (unpaired) electrons. The Morgan fingerprint density at radius 1 is 1.42 bits per heavy atom. The van der Waals surface area contributed by atoms with Crippen LogP contribution in [0.15, 0.2) is 11.4 Å². The van der Waals surface area contributed by atoms with E-state index in [1.165, 1.54) is 10.4 Å². The first-order valence-corrected chi connectivity index (χ1v) is 7.12. The fraction of sp³-hybridized carbons (Fsp3) is 0.500. The highest BCUT2D eigenvalue weighted by molar-refractivity contribution is 7.10. The van der Waals surface area contributed by atoms with Gasteiger partial charge in [0, 0.05) is 31.1 Å². The van der Waals surface area contributed by atoms with Gasteiger partial charge in [-0.25, -0.2) is 4.79 Å². The third-order valence-electron chi connectivity index (χ3n) is 3.04. The lowest BCUT2D eigenvalue weighted by Crippen LogP contribution is -2.42. The number of nitrogens with one attached hydrogen (secondary N) is 2. The van der Waals surface area contributed by atoms with E-state index in [9.17, 15) is 9.59 Å². The molecular weight excluding hydrogens is 264 g/mol. The first-order valence-electron chi connectivity index (χ1n) is 6.24. The number of urea groups is 1. The molecule has 1 aliphatic heterocycles. The summed E-state index contributed by atoms with van der Waals surface area (Å²) in [7, 11) is 0. The number of hydrogen-bond donors (Lipinski definition) is 3. The largest absolute Gasteiger partial charge is 0.352 e. The second-order valence-corrected chi connectivity index (χ2v) is 5.40. The van der Waals surface area contributed by atoms with Gasteiger partial charge in [-0.3, -0.25) is 4.79 Å². The maximum Gasteiger partial charge on any atom is 0.312 e. The molecule has 0 aliphatic carbocycles. The van der Waals surface area contributed by atoms with E-state index in [1.54, 1.807) is 11.3 Å². The zero-order valence-electron chi connectivity index (χ0n) is 10.6. The van der Waals surface area contributed by atoms with Crippen LogP contribution in [0.4, 0.5) is 4.79 Å². The van der Waals surface area contributed by atoms with Crippen LogP contribution in [0, 0.1) is 0 Å². The summed E-state index contributed by atoms with van der Waals surface area (Å²) in [6.07, 6.45) is 0.946. The molecule has 0 atom stereocenters. The van der Waals surface area contributed by atoms with Gasteiger partial charge < -0.3 is 21.3 Å². The standard InChI is InChI=1S/C12H18N4O2S/c13-12(18)15-4-3-14-7-11(17)16-5-1-10-9(8-16)2-6-19-10/h2,6,14H,1,3-5,7-8H2,(H3,13,15,18). The summed E-state index contributed by atoms with van der Waals surface area (Å²) in [5.74, 6) is 0.0934. The number of carbonyl (C=O) groups is 2.